The van der Waals surface area contributed by atoms with E-state index in [-0.39, 0.29) is 13.0 Å². The quantitative estimate of drug-likeness (QED) is 0.379. The van der Waals surface area contributed by atoms with Crippen LogP contribution in [0.25, 0.3) is 0 Å². The van der Waals surface area contributed by atoms with E-state index in [4.69, 9.17) is 10.3 Å². The molecule has 1 amide bonds. The van der Waals surface area contributed by atoms with Crippen molar-refractivity contribution in [1.29, 1.82) is 0 Å². The number of carboxylic acid groups (broad SMARTS) is 1. The summed E-state index contributed by atoms with van der Waals surface area (Å²) in [5, 5.41) is 20.0. The zero-order valence-corrected chi connectivity index (χ0v) is 8.45. The van der Waals surface area contributed by atoms with Gasteiger partial charge in [0.25, 0.3) is 5.91 Å². The first kappa shape index (κ1) is 11.9. The summed E-state index contributed by atoms with van der Waals surface area (Å²) in [5.41, 5.74) is 0.863. The topological polar surface area (TPSA) is 98.7 Å². The number of carbonyl (C=O) groups is 2. The molecule has 0 aromatic rings. The Balaban J connectivity index is 2.50. The van der Waals surface area contributed by atoms with Gasteiger partial charge in [-0.3, -0.25) is 14.8 Å². The molecule has 6 heteroatoms. The molecule has 1 fully saturated rings. The zero-order valence-electron chi connectivity index (χ0n) is 8.45. The average molecular weight is 216 g/mol. The fourth-order valence-corrected chi connectivity index (χ4v) is 1.98. The normalized spacial score (nSPS) is 18.7. The van der Waals surface area contributed by atoms with Gasteiger partial charge in [-0.15, -0.1) is 0 Å². The monoisotopic (exact) mass is 216 g/mol. The number of amides is 1. The molecule has 0 radical (unpaired) electrons. The highest BCUT2D eigenvalue weighted by atomic mass is 16.5. The van der Waals surface area contributed by atoms with Crippen LogP contribution >= 0.6 is 0 Å². The molecule has 1 aliphatic carbocycles. The molecule has 0 saturated heterocycles. The number of carbonyl (C=O) groups excluding carboxylic acids is 1. The van der Waals surface area contributed by atoms with Crippen LogP contribution in [0.5, 0.6) is 0 Å². The van der Waals surface area contributed by atoms with Gasteiger partial charge in [-0.1, -0.05) is 12.8 Å². The van der Waals surface area contributed by atoms with Crippen LogP contribution in [0.4, 0.5) is 0 Å². The Morgan fingerprint density at radius 3 is 2.33 bits per heavy atom. The van der Waals surface area contributed by atoms with E-state index in [2.05, 4.69) is 5.32 Å². The molecule has 1 rings (SSSR count). The fraction of sp³-hybridized carbons (Fsp3) is 0.778. The van der Waals surface area contributed by atoms with Gasteiger partial charge in [-0.25, -0.2) is 5.48 Å². The minimum Gasteiger partial charge on any atom is -0.481 e. The van der Waals surface area contributed by atoms with E-state index in [1.807, 2.05) is 0 Å². The largest absolute Gasteiger partial charge is 0.481 e. The van der Waals surface area contributed by atoms with Crippen molar-refractivity contribution in [2.24, 2.45) is 0 Å². The molecule has 0 bridgehead atoms. The summed E-state index contributed by atoms with van der Waals surface area (Å²) >= 11 is 0. The van der Waals surface area contributed by atoms with Crippen LogP contribution < -0.4 is 10.8 Å². The van der Waals surface area contributed by atoms with Crippen molar-refractivity contribution in [2.75, 3.05) is 6.54 Å². The Hall–Kier alpha value is -1.14. The van der Waals surface area contributed by atoms with Gasteiger partial charge in [0, 0.05) is 6.54 Å². The summed E-state index contributed by atoms with van der Waals surface area (Å²) in [6.07, 6.45) is 3.07. The van der Waals surface area contributed by atoms with Crippen LogP contribution in [0.15, 0.2) is 0 Å². The van der Waals surface area contributed by atoms with Crippen molar-refractivity contribution in [1.82, 2.24) is 10.8 Å². The van der Waals surface area contributed by atoms with E-state index in [1.54, 1.807) is 5.48 Å². The van der Waals surface area contributed by atoms with Gasteiger partial charge in [0.05, 0.1) is 6.42 Å². The Labute approximate surface area is 87.6 Å². The summed E-state index contributed by atoms with van der Waals surface area (Å²) in [5.74, 6) is -1.37. The van der Waals surface area contributed by atoms with Crippen molar-refractivity contribution < 1.29 is 19.9 Å². The molecule has 0 atom stereocenters. The van der Waals surface area contributed by atoms with E-state index in [1.165, 1.54) is 0 Å². The molecule has 0 aliphatic heterocycles. The fourth-order valence-electron chi connectivity index (χ4n) is 1.98. The van der Waals surface area contributed by atoms with Crippen molar-refractivity contribution in [2.45, 2.75) is 37.6 Å². The second-order valence-electron chi connectivity index (χ2n) is 3.80. The zero-order chi connectivity index (χ0) is 11.3. The molecule has 1 saturated carbocycles. The first-order valence-corrected chi connectivity index (χ1v) is 5.02. The molecule has 6 nitrogen and oxygen atoms in total. The Morgan fingerprint density at radius 2 is 1.87 bits per heavy atom. The SMILES string of the molecule is O=C(O)CCNC1(C(=O)NO)CCCC1. The molecular formula is C9H16N2O4. The second kappa shape index (κ2) is 5.09. The number of hydrogen-bond donors (Lipinski definition) is 4. The lowest BCUT2D eigenvalue weighted by Gasteiger charge is -2.27. The lowest BCUT2D eigenvalue weighted by molar-refractivity contribution is -0.139. The number of hydrogen-bond acceptors (Lipinski definition) is 4. The third kappa shape index (κ3) is 2.90. The predicted molar refractivity (Wildman–Crippen MR) is 51.4 cm³/mol. The Morgan fingerprint density at radius 1 is 1.27 bits per heavy atom. The van der Waals surface area contributed by atoms with E-state index in [0.717, 1.165) is 12.8 Å². The number of aliphatic carboxylic acids is 1. The molecule has 15 heavy (non-hydrogen) atoms. The van der Waals surface area contributed by atoms with Gasteiger partial charge in [-0.2, -0.15) is 0 Å². The minimum absolute atomic E-state index is 0.0273. The van der Waals surface area contributed by atoms with Crippen molar-refractivity contribution in [3.8, 4) is 0 Å². The smallest absolute Gasteiger partial charge is 0.304 e. The van der Waals surface area contributed by atoms with Crippen LogP contribution in [0, 0.1) is 0 Å². The molecule has 86 valence electrons. The first-order chi connectivity index (χ1) is 7.10. The maximum atomic E-state index is 11.4. The standard InChI is InChI=1S/C9H16N2O4/c12-7(13)3-6-10-9(8(14)11-15)4-1-2-5-9/h10,15H,1-6H2,(H,11,14)(H,12,13). The van der Waals surface area contributed by atoms with Gasteiger partial charge < -0.3 is 10.4 Å². The molecular weight excluding hydrogens is 200 g/mol. The molecule has 0 spiro atoms. The highest BCUT2D eigenvalue weighted by Crippen LogP contribution is 2.29. The van der Waals surface area contributed by atoms with Gasteiger partial charge in [0.15, 0.2) is 0 Å². The summed E-state index contributed by atoms with van der Waals surface area (Å²) < 4.78 is 0. The van der Waals surface area contributed by atoms with Gasteiger partial charge in [-0.05, 0) is 12.8 Å². The van der Waals surface area contributed by atoms with E-state index in [9.17, 15) is 9.59 Å². The minimum atomic E-state index is -0.903. The maximum absolute atomic E-state index is 11.4. The number of hydroxylamine groups is 1. The predicted octanol–water partition coefficient (Wildman–Crippen LogP) is -0.131. The van der Waals surface area contributed by atoms with Crippen molar-refractivity contribution in [3.63, 3.8) is 0 Å². The Kier molecular flexibility index (Phi) is 4.05. The molecule has 0 aromatic heterocycles. The van der Waals surface area contributed by atoms with E-state index >= 15 is 0 Å². The van der Waals surface area contributed by atoms with Crippen LogP contribution in [-0.4, -0.2) is 34.3 Å². The number of nitrogens with one attached hydrogen (secondary N) is 2. The summed E-state index contributed by atoms with van der Waals surface area (Å²) in [7, 11) is 0. The molecule has 0 aromatic carbocycles. The van der Waals surface area contributed by atoms with Gasteiger partial charge >= 0.3 is 5.97 Å². The molecule has 4 N–H and O–H groups in total. The Bertz CT molecular complexity index is 248. The summed E-state index contributed by atoms with van der Waals surface area (Å²) in [4.78, 5) is 21.8. The average Bonchev–Trinajstić information content (AvgIpc) is 2.66. The third-order valence-corrected chi connectivity index (χ3v) is 2.80. The van der Waals surface area contributed by atoms with Crippen molar-refractivity contribution in [3.05, 3.63) is 0 Å². The highest BCUT2D eigenvalue weighted by molar-refractivity contribution is 5.85. The van der Waals surface area contributed by atoms with E-state index in [0.29, 0.717) is 12.8 Å². The second-order valence-corrected chi connectivity index (χ2v) is 3.80. The van der Waals surface area contributed by atoms with E-state index < -0.39 is 17.4 Å². The lowest BCUT2D eigenvalue weighted by Crippen LogP contribution is -2.55. The third-order valence-electron chi connectivity index (χ3n) is 2.80. The lowest BCUT2D eigenvalue weighted by atomic mass is 9.96. The van der Waals surface area contributed by atoms with Crippen LogP contribution in [0.2, 0.25) is 0 Å². The first-order valence-electron chi connectivity index (χ1n) is 5.02. The van der Waals surface area contributed by atoms with Gasteiger partial charge in [0.2, 0.25) is 0 Å². The molecule has 0 unspecified atom stereocenters. The van der Waals surface area contributed by atoms with Gasteiger partial charge in [0.1, 0.15) is 5.54 Å². The molecule has 0 heterocycles. The number of carboxylic acids is 1. The van der Waals surface area contributed by atoms with Crippen molar-refractivity contribution >= 4 is 11.9 Å². The molecule has 1 aliphatic rings. The summed E-state index contributed by atoms with van der Waals surface area (Å²) in [6, 6.07) is 0. The summed E-state index contributed by atoms with van der Waals surface area (Å²) in [6.45, 7) is 0.239. The number of rotatable bonds is 5. The maximum Gasteiger partial charge on any atom is 0.304 e. The van der Waals surface area contributed by atoms with Crippen LogP contribution in [0.3, 0.4) is 0 Å². The highest BCUT2D eigenvalue weighted by Gasteiger charge is 2.40. The van der Waals surface area contributed by atoms with Crippen LogP contribution in [0.1, 0.15) is 32.1 Å². The van der Waals surface area contributed by atoms with Crippen LogP contribution in [-0.2, 0) is 9.59 Å².